The van der Waals surface area contributed by atoms with Crippen LogP contribution in [0.15, 0.2) is 42.7 Å². The van der Waals surface area contributed by atoms with E-state index in [0.717, 1.165) is 0 Å². The van der Waals surface area contributed by atoms with Gasteiger partial charge in [0.2, 0.25) is 0 Å². The van der Waals surface area contributed by atoms with E-state index in [9.17, 15) is 0 Å². The summed E-state index contributed by atoms with van der Waals surface area (Å²) in [6.07, 6.45) is 4.46. The third-order valence-corrected chi connectivity index (χ3v) is 8.12. The van der Waals surface area contributed by atoms with E-state index in [1.165, 1.54) is 11.4 Å². The quantitative estimate of drug-likeness (QED) is 0.450. The van der Waals surface area contributed by atoms with Crippen molar-refractivity contribution in [3.8, 4) is 11.4 Å². The number of imidazole rings is 1. The molecule has 0 radical (unpaired) electrons. The van der Waals surface area contributed by atoms with Gasteiger partial charge in [-0.15, -0.1) is 0 Å². The predicted molar refractivity (Wildman–Crippen MR) is 118 cm³/mol. The molecule has 0 aliphatic rings. The molecular weight excluding hydrogens is 351 g/mol. The van der Waals surface area contributed by atoms with Gasteiger partial charge < -0.3 is 0 Å². The van der Waals surface area contributed by atoms with Gasteiger partial charge in [-0.3, -0.25) is 0 Å². The second-order valence-electron chi connectivity index (χ2n) is 8.35. The maximum absolute atomic E-state index is 2.68. The minimum Gasteiger partial charge on any atom is -0.232 e. The van der Waals surface area contributed by atoms with E-state index in [0.29, 0.717) is 24.2 Å². The molecule has 0 saturated heterocycles. The fourth-order valence-corrected chi connectivity index (χ4v) is 6.83. The molecular formula is C22H38N4P+. The number of aromatic nitrogens is 2. The molecule has 5 heteroatoms. The molecule has 0 aliphatic heterocycles. The van der Waals surface area contributed by atoms with Gasteiger partial charge in [0.05, 0.1) is 12.6 Å². The summed E-state index contributed by atoms with van der Waals surface area (Å²) in [6, 6.07) is 12.6. The minimum absolute atomic E-state index is 0.465. The molecule has 0 bridgehead atoms. The zero-order valence-corrected chi connectivity index (χ0v) is 19.5. The Hall–Kier alpha value is -1.22. The van der Waals surface area contributed by atoms with Crippen molar-refractivity contribution in [2.75, 3.05) is 0 Å². The first-order valence-electron chi connectivity index (χ1n) is 10.2. The molecule has 1 aromatic carbocycles. The average Bonchev–Trinajstić information content (AvgIpc) is 2.94. The van der Waals surface area contributed by atoms with E-state index in [2.05, 4.69) is 123 Å². The zero-order valence-electron chi connectivity index (χ0n) is 18.6. The first kappa shape index (κ1) is 22.1. The summed E-state index contributed by atoms with van der Waals surface area (Å²) in [4.78, 5) is 0. The van der Waals surface area contributed by atoms with Crippen molar-refractivity contribution in [1.82, 2.24) is 13.7 Å². The van der Waals surface area contributed by atoms with E-state index >= 15 is 0 Å². The summed E-state index contributed by atoms with van der Waals surface area (Å²) in [6.45, 7) is 18.6. The van der Waals surface area contributed by atoms with Crippen LogP contribution < -0.4 is 4.57 Å². The Morgan fingerprint density at radius 3 is 1.63 bits per heavy atom. The topological polar surface area (TPSA) is 15.3 Å². The van der Waals surface area contributed by atoms with Crippen molar-refractivity contribution < 1.29 is 4.57 Å². The van der Waals surface area contributed by atoms with Crippen LogP contribution in [0.25, 0.3) is 11.4 Å². The van der Waals surface area contributed by atoms with Crippen LogP contribution in [0.1, 0.15) is 55.4 Å². The molecule has 1 heterocycles. The average molecular weight is 390 g/mol. The highest BCUT2D eigenvalue weighted by atomic mass is 31.2. The molecule has 4 nitrogen and oxygen atoms in total. The van der Waals surface area contributed by atoms with Gasteiger partial charge in [-0.05, 0) is 67.5 Å². The first-order valence-corrected chi connectivity index (χ1v) is 11.4. The van der Waals surface area contributed by atoms with E-state index in [1.54, 1.807) is 0 Å². The van der Waals surface area contributed by atoms with Gasteiger partial charge in [0.15, 0.2) is 0 Å². The second kappa shape index (κ2) is 9.32. The lowest BCUT2D eigenvalue weighted by Gasteiger charge is -2.43. The Morgan fingerprint density at radius 2 is 1.22 bits per heavy atom. The fourth-order valence-electron chi connectivity index (χ4n) is 3.89. The largest absolute Gasteiger partial charge is 0.292 e. The van der Waals surface area contributed by atoms with Crippen molar-refractivity contribution in [3.63, 3.8) is 0 Å². The van der Waals surface area contributed by atoms with Gasteiger partial charge in [-0.2, -0.15) is 4.34 Å². The Bertz CT molecular complexity index is 670. The molecule has 0 unspecified atom stereocenters. The van der Waals surface area contributed by atoms with Crippen LogP contribution in [0, 0.1) is 0 Å². The van der Waals surface area contributed by atoms with Crippen LogP contribution in [0.2, 0.25) is 0 Å². The Labute approximate surface area is 167 Å². The van der Waals surface area contributed by atoms with Gasteiger partial charge in [0.1, 0.15) is 12.4 Å². The highest BCUT2D eigenvalue weighted by Gasteiger charge is 2.41. The number of benzene rings is 1. The van der Waals surface area contributed by atoms with Crippen LogP contribution >= 0.6 is 8.37 Å². The predicted octanol–water partition coefficient (Wildman–Crippen LogP) is 5.29. The van der Waals surface area contributed by atoms with Gasteiger partial charge in [-0.1, -0.05) is 18.2 Å². The van der Waals surface area contributed by atoms with Gasteiger partial charge in [-0.25, -0.2) is 13.9 Å². The van der Waals surface area contributed by atoms with Crippen molar-refractivity contribution >= 4 is 8.37 Å². The lowest BCUT2D eigenvalue weighted by atomic mass is 10.2. The van der Waals surface area contributed by atoms with E-state index in [4.69, 9.17) is 0 Å². The smallest absolute Gasteiger partial charge is 0.232 e. The molecule has 0 N–H and O–H groups in total. The van der Waals surface area contributed by atoms with Gasteiger partial charge in [0.25, 0.3) is 14.2 Å². The normalized spacial score (nSPS) is 12.7. The molecule has 1 aromatic heterocycles. The molecule has 0 aliphatic carbocycles. The van der Waals surface area contributed by atoms with Crippen LogP contribution in [-0.4, -0.2) is 37.8 Å². The van der Waals surface area contributed by atoms with Crippen LogP contribution in [0.4, 0.5) is 0 Å². The van der Waals surface area contributed by atoms with Crippen molar-refractivity contribution in [2.45, 2.75) is 79.6 Å². The van der Waals surface area contributed by atoms with Crippen LogP contribution in [-0.2, 0) is 7.05 Å². The van der Waals surface area contributed by atoms with Crippen LogP contribution in [0.3, 0.4) is 0 Å². The van der Waals surface area contributed by atoms with Gasteiger partial charge in [0, 0.05) is 24.2 Å². The Balaban J connectivity index is 2.72. The first-order chi connectivity index (χ1) is 12.7. The van der Waals surface area contributed by atoms with Crippen LogP contribution in [0.5, 0.6) is 0 Å². The molecule has 0 saturated carbocycles. The molecule has 2 aromatic rings. The third-order valence-electron chi connectivity index (χ3n) is 4.74. The summed E-state index contributed by atoms with van der Waals surface area (Å²) in [5, 5.41) is 0. The van der Waals surface area contributed by atoms with Crippen molar-refractivity contribution in [3.05, 3.63) is 42.7 Å². The number of aryl methyl sites for hydroxylation is 1. The number of nitrogens with zero attached hydrogens (tertiary/aromatic N) is 4. The fraction of sp³-hybridized carbons (Fsp3) is 0.591. The van der Waals surface area contributed by atoms with E-state index in [-0.39, 0.29) is 0 Å². The highest BCUT2D eigenvalue weighted by Crippen LogP contribution is 2.52. The summed E-state index contributed by atoms with van der Waals surface area (Å²) >= 11 is 0. The number of rotatable bonds is 8. The molecule has 0 fully saturated rings. The molecule has 27 heavy (non-hydrogen) atoms. The van der Waals surface area contributed by atoms with Crippen molar-refractivity contribution in [1.29, 1.82) is 0 Å². The molecule has 2 rings (SSSR count). The minimum atomic E-state index is -0.702. The zero-order chi connectivity index (χ0) is 20.3. The second-order valence-corrected chi connectivity index (χ2v) is 10.2. The monoisotopic (exact) mass is 389 g/mol. The molecule has 0 amide bonds. The molecule has 0 atom stereocenters. The molecule has 0 spiro atoms. The number of hydrogen-bond acceptors (Lipinski definition) is 2. The summed E-state index contributed by atoms with van der Waals surface area (Å²) in [7, 11) is 1.45. The number of hydrogen-bond donors (Lipinski definition) is 0. The summed E-state index contributed by atoms with van der Waals surface area (Å²) in [5.74, 6) is 1.26. The van der Waals surface area contributed by atoms with E-state index in [1.807, 2.05) is 0 Å². The maximum atomic E-state index is 2.68. The van der Waals surface area contributed by atoms with E-state index < -0.39 is 8.37 Å². The Kier molecular flexibility index (Phi) is 7.62. The lowest BCUT2D eigenvalue weighted by molar-refractivity contribution is -0.659. The van der Waals surface area contributed by atoms with Gasteiger partial charge >= 0.3 is 0 Å². The molecule has 150 valence electrons. The van der Waals surface area contributed by atoms with Crippen molar-refractivity contribution in [2.24, 2.45) is 7.05 Å². The summed E-state index contributed by atoms with van der Waals surface area (Å²) < 4.78 is 10.1. The Morgan fingerprint density at radius 1 is 0.778 bits per heavy atom. The lowest BCUT2D eigenvalue weighted by Crippen LogP contribution is -2.45. The SMILES string of the molecule is CC(C)N(C(C)C)P(N(C(C)C)C(C)C)n1cc[n+](C)c1-c1ccccc1. The summed E-state index contributed by atoms with van der Waals surface area (Å²) in [5.41, 5.74) is 1.26. The standard InChI is InChI=1S/C22H38N4P/c1-17(2)25(18(3)4)27(26(19(5)6)20(7)8)24-16-15-23(9)22(24)21-13-11-10-12-14-21/h10-20H,1-9H3/q+1. The highest BCUT2D eigenvalue weighted by molar-refractivity contribution is 7.51. The third kappa shape index (κ3) is 4.80. The maximum Gasteiger partial charge on any atom is 0.292 e.